The Morgan fingerprint density at radius 3 is 2.85 bits per heavy atom. The van der Waals surface area contributed by atoms with E-state index in [0.29, 0.717) is 11.0 Å². The van der Waals surface area contributed by atoms with Crippen LogP contribution in [0.1, 0.15) is 10.4 Å². The predicted octanol–water partition coefficient (Wildman–Crippen LogP) is 1.33. The van der Waals surface area contributed by atoms with Crippen molar-refractivity contribution < 1.29 is 9.90 Å². The number of carboxylic acid groups (broad SMARTS) is 1. The number of rotatable bonds is 1. The van der Waals surface area contributed by atoms with Crippen LogP contribution < -0.4 is 0 Å². The highest BCUT2D eigenvalue weighted by Gasteiger charge is 2.08. The molecule has 0 atom stereocenters. The summed E-state index contributed by atoms with van der Waals surface area (Å²) in [6.45, 7) is 0. The summed E-state index contributed by atoms with van der Waals surface area (Å²) in [5.41, 5.74) is 1.21. The fraction of sp³-hybridized carbons (Fsp3) is 0. The average molecular weight is 174 g/mol. The van der Waals surface area contributed by atoms with E-state index in [1.807, 2.05) is 0 Å². The van der Waals surface area contributed by atoms with E-state index < -0.39 is 5.97 Å². The van der Waals surface area contributed by atoms with Gasteiger partial charge in [-0.05, 0) is 18.2 Å². The lowest BCUT2D eigenvalue weighted by Gasteiger charge is -1.98. The van der Waals surface area contributed by atoms with E-state index in [4.69, 9.17) is 5.11 Å². The predicted molar refractivity (Wildman–Crippen MR) is 46.5 cm³/mol. The van der Waals surface area contributed by atoms with E-state index in [9.17, 15) is 4.79 Å². The first-order valence-corrected chi connectivity index (χ1v) is 3.72. The summed E-state index contributed by atoms with van der Waals surface area (Å²) >= 11 is 0. The van der Waals surface area contributed by atoms with Crippen molar-refractivity contribution in [1.29, 1.82) is 0 Å². The van der Waals surface area contributed by atoms with Gasteiger partial charge in [-0.1, -0.05) is 0 Å². The Hall–Kier alpha value is -1.97. The van der Waals surface area contributed by atoms with Crippen molar-refractivity contribution >= 4 is 17.0 Å². The molecule has 0 aromatic carbocycles. The van der Waals surface area contributed by atoms with Crippen LogP contribution in [0.4, 0.5) is 0 Å². The van der Waals surface area contributed by atoms with Gasteiger partial charge in [0.05, 0.1) is 11.1 Å². The first-order chi connectivity index (χ1) is 6.29. The summed E-state index contributed by atoms with van der Waals surface area (Å²) in [5, 5.41) is 8.82. The van der Waals surface area contributed by atoms with Gasteiger partial charge in [0.2, 0.25) is 0 Å². The second-order valence-corrected chi connectivity index (χ2v) is 2.53. The second kappa shape index (κ2) is 2.82. The summed E-state index contributed by atoms with van der Waals surface area (Å²) in [4.78, 5) is 18.7. The van der Waals surface area contributed by atoms with Gasteiger partial charge < -0.3 is 5.11 Å². The fourth-order valence-electron chi connectivity index (χ4n) is 1.15. The van der Waals surface area contributed by atoms with E-state index in [0.717, 1.165) is 0 Å². The molecule has 0 amide bonds. The lowest BCUT2D eigenvalue weighted by Crippen LogP contribution is -1.99. The Bertz CT molecular complexity index is 463. The highest BCUT2D eigenvalue weighted by Crippen LogP contribution is 2.12. The van der Waals surface area contributed by atoms with Crippen molar-refractivity contribution in [1.82, 2.24) is 9.97 Å². The van der Waals surface area contributed by atoms with Crippen molar-refractivity contribution in [2.45, 2.75) is 0 Å². The minimum atomic E-state index is -0.980. The molecule has 2 aromatic heterocycles. The molecule has 64 valence electrons. The van der Waals surface area contributed by atoms with Gasteiger partial charge in [0, 0.05) is 12.4 Å². The molecule has 0 aliphatic rings. The summed E-state index contributed by atoms with van der Waals surface area (Å²) in [5.74, 6) is -0.980. The van der Waals surface area contributed by atoms with Crippen molar-refractivity contribution in [3.8, 4) is 0 Å². The van der Waals surface area contributed by atoms with E-state index in [1.54, 1.807) is 18.3 Å². The smallest absolute Gasteiger partial charge is 0.338 e. The molecule has 13 heavy (non-hydrogen) atoms. The highest BCUT2D eigenvalue weighted by molar-refractivity contribution is 6.00. The lowest BCUT2D eigenvalue weighted by molar-refractivity contribution is 0.0698. The highest BCUT2D eigenvalue weighted by atomic mass is 16.4. The van der Waals surface area contributed by atoms with Gasteiger partial charge in [-0.25, -0.2) is 4.79 Å². The van der Waals surface area contributed by atoms with Crippen LogP contribution in [-0.2, 0) is 0 Å². The van der Waals surface area contributed by atoms with Crippen molar-refractivity contribution in [3.63, 3.8) is 0 Å². The molecule has 2 aromatic rings. The van der Waals surface area contributed by atoms with Crippen molar-refractivity contribution in [2.24, 2.45) is 0 Å². The van der Waals surface area contributed by atoms with E-state index in [2.05, 4.69) is 9.97 Å². The van der Waals surface area contributed by atoms with Gasteiger partial charge in [0.15, 0.2) is 0 Å². The maximum Gasteiger partial charge on any atom is 0.338 e. The number of carboxylic acids is 1. The van der Waals surface area contributed by atoms with Gasteiger partial charge in [-0.3, -0.25) is 9.97 Å². The van der Waals surface area contributed by atoms with Crippen molar-refractivity contribution in [2.75, 3.05) is 0 Å². The number of nitrogens with zero attached hydrogens (tertiary/aromatic N) is 2. The molecule has 4 heteroatoms. The summed E-state index contributed by atoms with van der Waals surface area (Å²) in [6.07, 6.45) is 3.02. The molecule has 0 aliphatic heterocycles. The summed E-state index contributed by atoms with van der Waals surface area (Å²) in [7, 11) is 0. The molecule has 0 saturated carbocycles. The third-order valence-electron chi connectivity index (χ3n) is 1.73. The lowest BCUT2D eigenvalue weighted by atomic mass is 10.2. The second-order valence-electron chi connectivity index (χ2n) is 2.53. The molecular weight excluding hydrogens is 168 g/mol. The zero-order valence-corrected chi connectivity index (χ0v) is 6.64. The van der Waals surface area contributed by atoms with Gasteiger partial charge in [-0.2, -0.15) is 0 Å². The normalized spacial score (nSPS) is 10.2. The van der Waals surface area contributed by atoms with Crippen LogP contribution in [0.2, 0.25) is 0 Å². The molecule has 0 radical (unpaired) electrons. The minimum absolute atomic E-state index is 0.186. The molecule has 2 heterocycles. The number of aromatic nitrogens is 2. The number of pyridine rings is 2. The minimum Gasteiger partial charge on any atom is -0.478 e. The topological polar surface area (TPSA) is 63.1 Å². The molecule has 0 aliphatic carbocycles. The monoisotopic (exact) mass is 174 g/mol. The standard InChI is InChI=1S/C9H6N2O2/c12-9(13)6-3-5-10-7-2-1-4-11-8(6)7/h1-5H,(H,12,13). The molecular formula is C9H6N2O2. The zero-order chi connectivity index (χ0) is 9.26. The maximum atomic E-state index is 10.7. The Balaban J connectivity index is 2.83. The van der Waals surface area contributed by atoms with E-state index in [1.165, 1.54) is 12.3 Å². The molecule has 0 saturated heterocycles. The van der Waals surface area contributed by atoms with Crippen LogP contribution >= 0.6 is 0 Å². The Kier molecular flexibility index (Phi) is 1.66. The molecule has 0 fully saturated rings. The van der Waals surface area contributed by atoms with E-state index in [-0.39, 0.29) is 5.56 Å². The van der Waals surface area contributed by atoms with E-state index >= 15 is 0 Å². The first-order valence-electron chi connectivity index (χ1n) is 3.72. The number of hydrogen-bond acceptors (Lipinski definition) is 3. The molecule has 1 N–H and O–H groups in total. The largest absolute Gasteiger partial charge is 0.478 e. The third-order valence-corrected chi connectivity index (χ3v) is 1.73. The maximum absolute atomic E-state index is 10.7. The van der Waals surface area contributed by atoms with Crippen LogP contribution in [0, 0.1) is 0 Å². The summed E-state index contributed by atoms with van der Waals surface area (Å²) in [6, 6.07) is 4.90. The Morgan fingerprint density at radius 2 is 2.08 bits per heavy atom. The van der Waals surface area contributed by atoms with Crippen LogP contribution in [0.5, 0.6) is 0 Å². The molecule has 2 rings (SSSR count). The molecule has 4 nitrogen and oxygen atoms in total. The molecule has 0 spiro atoms. The quantitative estimate of drug-likeness (QED) is 0.708. The molecule has 0 unspecified atom stereocenters. The third kappa shape index (κ3) is 1.22. The fourth-order valence-corrected chi connectivity index (χ4v) is 1.15. The van der Waals surface area contributed by atoms with Gasteiger partial charge in [0.25, 0.3) is 0 Å². The summed E-state index contributed by atoms with van der Waals surface area (Å²) < 4.78 is 0. The Labute approximate surface area is 73.9 Å². The van der Waals surface area contributed by atoms with Gasteiger partial charge in [0.1, 0.15) is 5.52 Å². The van der Waals surface area contributed by atoms with Crippen LogP contribution in [0.3, 0.4) is 0 Å². The van der Waals surface area contributed by atoms with Crippen molar-refractivity contribution in [3.05, 3.63) is 36.2 Å². The van der Waals surface area contributed by atoms with Crippen LogP contribution in [0.25, 0.3) is 11.0 Å². The van der Waals surface area contributed by atoms with Crippen LogP contribution in [0.15, 0.2) is 30.6 Å². The average Bonchev–Trinajstić information content (AvgIpc) is 2.17. The zero-order valence-electron chi connectivity index (χ0n) is 6.64. The number of fused-ring (bicyclic) bond motifs is 1. The van der Waals surface area contributed by atoms with Gasteiger partial charge >= 0.3 is 5.97 Å². The van der Waals surface area contributed by atoms with Crippen LogP contribution in [-0.4, -0.2) is 21.0 Å². The number of carbonyl (C=O) groups is 1. The first kappa shape index (κ1) is 7.67. The molecule has 0 bridgehead atoms. The number of aromatic carboxylic acids is 1. The number of hydrogen-bond donors (Lipinski definition) is 1. The Morgan fingerprint density at radius 1 is 1.23 bits per heavy atom. The van der Waals surface area contributed by atoms with Gasteiger partial charge in [-0.15, -0.1) is 0 Å². The SMILES string of the molecule is O=C(O)c1ccnc2cccnc12.